The van der Waals surface area contributed by atoms with Crippen LogP contribution in [0.3, 0.4) is 0 Å². The third kappa shape index (κ3) is 9.83. The molecule has 0 saturated carbocycles. The van der Waals surface area contributed by atoms with Gasteiger partial charge < -0.3 is 29.2 Å². The topological polar surface area (TPSA) is 191 Å². The maximum Gasteiger partial charge on any atom is 0.342 e. The Morgan fingerprint density at radius 2 is 1.66 bits per heavy atom. The second-order valence-corrected chi connectivity index (χ2v) is 13.0. The molecule has 4 N–H and O–H groups in total. The van der Waals surface area contributed by atoms with Crippen LogP contribution >= 0.6 is 7.67 Å². The molecule has 0 amide bonds. The van der Waals surface area contributed by atoms with Gasteiger partial charge in [-0.15, -0.1) is 0 Å². The summed E-state index contributed by atoms with van der Waals surface area (Å²) in [5, 5.41) is 5.48. The highest BCUT2D eigenvalue weighted by atomic mass is 31.2. The van der Waals surface area contributed by atoms with Crippen LogP contribution in [-0.2, 0) is 32.9 Å². The highest BCUT2D eigenvalue weighted by molar-refractivity contribution is 7.54. The summed E-state index contributed by atoms with van der Waals surface area (Å²) >= 11 is 0. The van der Waals surface area contributed by atoms with Crippen LogP contribution in [0, 0.1) is 5.92 Å². The fourth-order valence-electron chi connectivity index (χ4n) is 4.82. The second-order valence-electron chi connectivity index (χ2n) is 11.1. The number of imidazole rings is 1. The van der Waals surface area contributed by atoms with Crippen LogP contribution in [0.25, 0.3) is 11.2 Å². The molecule has 44 heavy (non-hydrogen) atoms. The van der Waals surface area contributed by atoms with Gasteiger partial charge in [-0.05, 0) is 33.1 Å². The van der Waals surface area contributed by atoms with Crippen molar-refractivity contribution in [2.75, 3.05) is 32.7 Å². The average Bonchev–Trinajstić information content (AvgIpc) is 3.58. The molecule has 248 valence electrons. The maximum absolute atomic E-state index is 14.1. The molecule has 15 nitrogen and oxygen atoms in total. The van der Waals surface area contributed by atoms with E-state index in [0.717, 1.165) is 38.5 Å². The van der Waals surface area contributed by atoms with Crippen molar-refractivity contribution >= 4 is 36.7 Å². The van der Waals surface area contributed by atoms with Gasteiger partial charge in [0.2, 0.25) is 11.8 Å². The van der Waals surface area contributed by atoms with E-state index in [2.05, 4.69) is 39.0 Å². The van der Waals surface area contributed by atoms with Crippen LogP contribution in [0.5, 0.6) is 5.88 Å². The number of unbranched alkanes of at least 4 members (excludes halogenated alkanes) is 4. The number of aromatic nitrogens is 4. The lowest BCUT2D eigenvalue weighted by molar-refractivity contribution is -0.145. The molecule has 3 heterocycles. The van der Waals surface area contributed by atoms with Gasteiger partial charge in [0.25, 0.3) is 0 Å². The van der Waals surface area contributed by atoms with E-state index in [1.165, 1.54) is 21.0 Å². The monoisotopic (exact) mass is 641 g/mol. The number of methoxy groups -OCH3 is 1. The van der Waals surface area contributed by atoms with Crippen molar-refractivity contribution in [3.8, 4) is 5.88 Å². The summed E-state index contributed by atoms with van der Waals surface area (Å²) in [6, 6.07) is -1.95. The van der Waals surface area contributed by atoms with E-state index < -0.39 is 44.0 Å². The van der Waals surface area contributed by atoms with Crippen molar-refractivity contribution < 1.29 is 37.6 Å². The van der Waals surface area contributed by atoms with Gasteiger partial charge in [-0.1, -0.05) is 46.5 Å². The molecule has 0 aliphatic carbocycles. The number of nitrogens with zero attached hydrogens (tertiary/aromatic N) is 4. The summed E-state index contributed by atoms with van der Waals surface area (Å²) in [5.41, 5.74) is 6.78. The number of fused-ring (bicyclic) bond motifs is 1. The predicted molar refractivity (Wildman–Crippen MR) is 164 cm³/mol. The number of carbonyl (C=O) groups is 2. The van der Waals surface area contributed by atoms with Crippen LogP contribution in [0.1, 0.15) is 85.8 Å². The van der Waals surface area contributed by atoms with Crippen molar-refractivity contribution in [2.24, 2.45) is 5.92 Å². The van der Waals surface area contributed by atoms with Crippen LogP contribution in [0.4, 0.5) is 5.95 Å². The Kier molecular flexibility index (Phi) is 13.8. The Hall–Kier alpha value is -2.84. The lowest BCUT2D eigenvalue weighted by atomic mass is 10.1. The van der Waals surface area contributed by atoms with E-state index in [0.29, 0.717) is 17.6 Å². The average molecular weight is 642 g/mol. The van der Waals surface area contributed by atoms with Crippen molar-refractivity contribution in [1.82, 2.24) is 29.7 Å². The predicted octanol–water partition coefficient (Wildman–Crippen LogP) is 3.89. The molecule has 16 heteroatoms. The number of hydrogen-bond acceptors (Lipinski definition) is 12. The molecule has 2 aromatic rings. The SMILES string of the molecule is CCCCCOC(=O)[C@H](C)NP(=O)(N[C@@H](C)C(=O)OCCCCC)OC[C@@H]1C[C@H](C)[C@H](n2cnc3c(OC)nc(N)nc32)O1. The third-order valence-corrected chi connectivity index (χ3v) is 9.16. The van der Waals surface area contributed by atoms with E-state index in [1.807, 2.05) is 6.92 Å². The van der Waals surface area contributed by atoms with Crippen molar-refractivity contribution in [3.63, 3.8) is 0 Å². The van der Waals surface area contributed by atoms with Crippen molar-refractivity contribution in [2.45, 2.75) is 104 Å². The molecule has 0 bridgehead atoms. The smallest absolute Gasteiger partial charge is 0.342 e. The molecular formula is C28H48N7O8P. The lowest BCUT2D eigenvalue weighted by Gasteiger charge is -2.27. The summed E-state index contributed by atoms with van der Waals surface area (Å²) in [4.78, 5) is 38.0. The zero-order chi connectivity index (χ0) is 32.3. The number of nitrogens with two attached hydrogens (primary N) is 1. The molecule has 2 aromatic heterocycles. The maximum atomic E-state index is 14.1. The van der Waals surface area contributed by atoms with Crippen LogP contribution in [-0.4, -0.2) is 76.6 Å². The van der Waals surface area contributed by atoms with E-state index >= 15 is 0 Å². The van der Waals surface area contributed by atoms with Gasteiger partial charge in [0, 0.05) is 5.92 Å². The van der Waals surface area contributed by atoms with Crippen LogP contribution in [0.15, 0.2) is 6.33 Å². The molecule has 0 unspecified atom stereocenters. The number of hydrogen-bond donors (Lipinski definition) is 3. The number of esters is 2. The number of anilines is 1. The zero-order valence-electron chi connectivity index (χ0n) is 26.6. The molecule has 1 aliphatic heterocycles. The van der Waals surface area contributed by atoms with Crippen LogP contribution in [0.2, 0.25) is 0 Å². The number of nitrogens with one attached hydrogen (secondary N) is 2. The van der Waals surface area contributed by atoms with Gasteiger partial charge in [0.15, 0.2) is 11.2 Å². The minimum absolute atomic E-state index is 0.00228. The Labute approximate surface area is 258 Å². The standard InChI is InChI=1S/C28H48N7O8P/c1-7-9-11-13-40-26(36)19(4)33-44(38,34-20(5)27(37)41-14-12-10-8-2)42-16-21-15-18(3)25(43-21)35-17-30-22-23(35)31-28(29)32-24(22)39-6/h17-21,25H,7-16H2,1-6H3,(H2,29,31,32)(H2,33,34,38)/t18-,19-,20-,21-,25+/m0/s1. The summed E-state index contributed by atoms with van der Waals surface area (Å²) in [5.74, 6) is -0.855. The molecule has 3 rings (SSSR count). The Balaban J connectivity index is 1.69. The first-order valence-electron chi connectivity index (χ1n) is 15.3. The van der Waals surface area contributed by atoms with Gasteiger partial charge in [0.1, 0.15) is 18.3 Å². The van der Waals surface area contributed by atoms with Gasteiger partial charge >= 0.3 is 19.6 Å². The zero-order valence-corrected chi connectivity index (χ0v) is 27.5. The molecule has 0 radical (unpaired) electrons. The molecular weight excluding hydrogens is 593 g/mol. The largest absolute Gasteiger partial charge is 0.479 e. The first kappa shape index (κ1) is 35.6. The van der Waals surface area contributed by atoms with E-state index in [9.17, 15) is 14.2 Å². The minimum Gasteiger partial charge on any atom is -0.479 e. The molecule has 5 atom stereocenters. The quantitative estimate of drug-likeness (QED) is 0.114. The molecule has 1 fully saturated rings. The fourth-order valence-corrected chi connectivity index (χ4v) is 6.65. The normalized spacial score (nSPS) is 20.0. The first-order chi connectivity index (χ1) is 21.0. The summed E-state index contributed by atoms with van der Waals surface area (Å²) in [6.45, 7) is 9.60. The second kappa shape index (κ2) is 17.0. The van der Waals surface area contributed by atoms with Gasteiger partial charge in [-0.2, -0.15) is 9.97 Å². The molecule has 1 aliphatic rings. The number of carbonyl (C=O) groups excluding carboxylic acids is 2. The fraction of sp³-hybridized carbons (Fsp3) is 0.750. The number of rotatable bonds is 19. The van der Waals surface area contributed by atoms with Crippen molar-refractivity contribution in [1.29, 1.82) is 0 Å². The molecule has 0 aromatic carbocycles. The molecule has 0 spiro atoms. The Morgan fingerprint density at radius 3 is 2.20 bits per heavy atom. The molecule has 1 saturated heterocycles. The van der Waals surface area contributed by atoms with E-state index in [-0.39, 0.29) is 37.6 Å². The highest BCUT2D eigenvalue weighted by Crippen LogP contribution is 2.42. The summed E-state index contributed by atoms with van der Waals surface area (Å²) in [6.07, 6.45) is 6.50. The van der Waals surface area contributed by atoms with Gasteiger partial charge in [0.05, 0.1) is 39.4 Å². The van der Waals surface area contributed by atoms with E-state index in [4.69, 9.17) is 29.2 Å². The third-order valence-electron chi connectivity index (χ3n) is 7.19. The van der Waals surface area contributed by atoms with Gasteiger partial charge in [-0.25, -0.2) is 15.2 Å². The number of nitrogen functional groups attached to an aromatic ring is 1. The number of ether oxygens (including phenoxy) is 4. The highest BCUT2D eigenvalue weighted by Gasteiger charge is 2.38. The first-order valence-corrected chi connectivity index (χ1v) is 17.0. The summed E-state index contributed by atoms with van der Waals surface area (Å²) in [7, 11) is -2.52. The minimum atomic E-state index is -3.99. The van der Waals surface area contributed by atoms with Gasteiger partial charge in [-0.3, -0.25) is 18.7 Å². The van der Waals surface area contributed by atoms with E-state index in [1.54, 1.807) is 10.9 Å². The Morgan fingerprint density at radius 1 is 1.07 bits per heavy atom. The van der Waals surface area contributed by atoms with Crippen molar-refractivity contribution in [3.05, 3.63) is 6.33 Å². The summed E-state index contributed by atoms with van der Waals surface area (Å²) < 4.78 is 43.9. The Bertz CT molecular complexity index is 1240. The van der Waals surface area contributed by atoms with Crippen LogP contribution < -0.4 is 20.6 Å². The lowest BCUT2D eigenvalue weighted by Crippen LogP contribution is -2.43.